The quantitative estimate of drug-likeness (QED) is 0.556. The summed E-state index contributed by atoms with van der Waals surface area (Å²) >= 11 is 0. The number of hydrogen-bond donors (Lipinski definition) is 0. The molecule has 5 atom stereocenters. The lowest BCUT2D eigenvalue weighted by Crippen LogP contribution is -2.39. The van der Waals surface area contributed by atoms with Crippen LogP contribution in [0.5, 0.6) is 0 Å². The SMILES string of the molecule is CCC1CC2CC3CCCC1C32. The highest BCUT2D eigenvalue weighted by molar-refractivity contribution is 5.03. The lowest BCUT2D eigenvalue weighted by atomic mass is 9.58. The summed E-state index contributed by atoms with van der Waals surface area (Å²) in [4.78, 5) is 0. The molecule has 3 aliphatic rings. The zero-order valence-electron chi connectivity index (χ0n) is 8.13. The van der Waals surface area contributed by atoms with Gasteiger partial charge in [-0.05, 0) is 48.9 Å². The normalized spacial score (nSPS) is 56.2. The molecule has 0 aliphatic heterocycles. The maximum atomic E-state index is 2.40. The fourth-order valence-corrected chi connectivity index (χ4v) is 4.55. The molecular weight excluding hydrogens is 144 g/mol. The Kier molecular flexibility index (Phi) is 1.54. The second-order valence-corrected chi connectivity index (χ2v) is 5.33. The van der Waals surface area contributed by atoms with Gasteiger partial charge in [0.25, 0.3) is 0 Å². The zero-order chi connectivity index (χ0) is 8.13. The molecule has 0 spiro atoms. The Labute approximate surface area is 75.7 Å². The van der Waals surface area contributed by atoms with Gasteiger partial charge in [0.15, 0.2) is 0 Å². The first kappa shape index (κ1) is 7.41. The fourth-order valence-electron chi connectivity index (χ4n) is 4.55. The molecule has 0 heterocycles. The summed E-state index contributed by atoms with van der Waals surface area (Å²) < 4.78 is 0. The largest absolute Gasteiger partial charge is 0.0651 e. The minimum Gasteiger partial charge on any atom is -0.0651 e. The highest BCUT2D eigenvalue weighted by Crippen LogP contribution is 2.62. The van der Waals surface area contributed by atoms with Crippen LogP contribution >= 0.6 is 0 Å². The molecule has 0 amide bonds. The van der Waals surface area contributed by atoms with Crippen molar-refractivity contribution in [2.75, 3.05) is 0 Å². The minimum atomic E-state index is 1.13. The van der Waals surface area contributed by atoms with E-state index in [1.54, 1.807) is 32.1 Å². The third-order valence-electron chi connectivity index (χ3n) is 5.04. The fraction of sp³-hybridized carbons (Fsp3) is 1.00. The summed E-state index contributed by atoms with van der Waals surface area (Å²) in [5.41, 5.74) is 0. The third kappa shape index (κ3) is 0.791. The Morgan fingerprint density at radius 2 is 2.00 bits per heavy atom. The van der Waals surface area contributed by atoms with Gasteiger partial charge in [0, 0.05) is 0 Å². The topological polar surface area (TPSA) is 0 Å². The van der Waals surface area contributed by atoms with Crippen LogP contribution in [-0.2, 0) is 0 Å². The van der Waals surface area contributed by atoms with E-state index in [2.05, 4.69) is 6.92 Å². The van der Waals surface area contributed by atoms with Gasteiger partial charge < -0.3 is 0 Å². The van der Waals surface area contributed by atoms with E-state index in [4.69, 9.17) is 0 Å². The van der Waals surface area contributed by atoms with E-state index in [0.29, 0.717) is 0 Å². The van der Waals surface area contributed by atoms with Crippen molar-refractivity contribution in [1.82, 2.24) is 0 Å². The zero-order valence-corrected chi connectivity index (χ0v) is 8.13. The number of rotatable bonds is 1. The summed E-state index contributed by atoms with van der Waals surface area (Å²) in [7, 11) is 0. The molecule has 0 aromatic carbocycles. The maximum absolute atomic E-state index is 2.40. The monoisotopic (exact) mass is 164 g/mol. The minimum absolute atomic E-state index is 1.13. The van der Waals surface area contributed by atoms with Crippen molar-refractivity contribution >= 4 is 0 Å². The van der Waals surface area contributed by atoms with E-state index in [-0.39, 0.29) is 0 Å². The molecule has 0 heteroatoms. The van der Waals surface area contributed by atoms with Gasteiger partial charge in [0.2, 0.25) is 0 Å². The molecule has 0 saturated heterocycles. The Balaban J connectivity index is 1.81. The molecule has 0 bridgehead atoms. The van der Waals surface area contributed by atoms with E-state index in [9.17, 15) is 0 Å². The van der Waals surface area contributed by atoms with Crippen molar-refractivity contribution in [2.45, 2.75) is 45.4 Å². The van der Waals surface area contributed by atoms with E-state index in [0.717, 1.165) is 5.92 Å². The molecule has 0 N–H and O–H groups in total. The summed E-state index contributed by atoms with van der Waals surface area (Å²) in [5, 5.41) is 0. The second kappa shape index (κ2) is 2.49. The van der Waals surface area contributed by atoms with Gasteiger partial charge in [-0.2, -0.15) is 0 Å². The standard InChI is InChI=1S/C12H20/c1-2-8-6-10-7-9-4-3-5-11(8)12(9)10/h8-12H,2-7H2,1H3. The molecule has 0 nitrogen and oxygen atoms in total. The highest BCUT2D eigenvalue weighted by atomic mass is 14.6. The van der Waals surface area contributed by atoms with Crippen LogP contribution in [0.3, 0.4) is 0 Å². The Hall–Kier alpha value is 0. The van der Waals surface area contributed by atoms with Crippen molar-refractivity contribution in [3.63, 3.8) is 0 Å². The van der Waals surface area contributed by atoms with E-state index in [1.807, 2.05) is 0 Å². The first-order chi connectivity index (χ1) is 5.90. The van der Waals surface area contributed by atoms with Crippen LogP contribution in [0.15, 0.2) is 0 Å². The maximum Gasteiger partial charge on any atom is -0.0326 e. The van der Waals surface area contributed by atoms with E-state index < -0.39 is 0 Å². The first-order valence-corrected chi connectivity index (χ1v) is 5.90. The molecular formula is C12H20. The van der Waals surface area contributed by atoms with Crippen molar-refractivity contribution in [3.05, 3.63) is 0 Å². The van der Waals surface area contributed by atoms with Crippen LogP contribution in [0.1, 0.15) is 45.4 Å². The van der Waals surface area contributed by atoms with Gasteiger partial charge in [0.1, 0.15) is 0 Å². The molecule has 12 heavy (non-hydrogen) atoms. The van der Waals surface area contributed by atoms with Gasteiger partial charge >= 0.3 is 0 Å². The molecule has 3 rings (SSSR count). The highest BCUT2D eigenvalue weighted by Gasteiger charge is 2.53. The summed E-state index contributed by atoms with van der Waals surface area (Å²) in [6.07, 6.45) is 9.38. The smallest absolute Gasteiger partial charge is 0.0326 e. The van der Waals surface area contributed by atoms with Crippen molar-refractivity contribution in [1.29, 1.82) is 0 Å². The predicted molar refractivity (Wildman–Crippen MR) is 50.8 cm³/mol. The average Bonchev–Trinajstić information content (AvgIpc) is 2.38. The van der Waals surface area contributed by atoms with Crippen LogP contribution in [0, 0.1) is 29.6 Å². The van der Waals surface area contributed by atoms with Crippen LogP contribution in [-0.4, -0.2) is 0 Å². The average molecular weight is 164 g/mol. The molecule has 0 aromatic rings. The van der Waals surface area contributed by atoms with E-state index in [1.165, 1.54) is 30.1 Å². The van der Waals surface area contributed by atoms with Crippen molar-refractivity contribution in [3.8, 4) is 0 Å². The molecule has 0 radical (unpaired) electrons. The molecule has 68 valence electrons. The van der Waals surface area contributed by atoms with Gasteiger partial charge in [0.05, 0.1) is 0 Å². The summed E-state index contributed by atoms with van der Waals surface area (Å²) in [6.45, 7) is 2.40. The molecule has 3 saturated carbocycles. The van der Waals surface area contributed by atoms with Crippen molar-refractivity contribution in [2.24, 2.45) is 29.6 Å². The van der Waals surface area contributed by atoms with Crippen LogP contribution < -0.4 is 0 Å². The van der Waals surface area contributed by atoms with Gasteiger partial charge in [-0.25, -0.2) is 0 Å². The lowest BCUT2D eigenvalue weighted by Gasteiger charge is -2.47. The van der Waals surface area contributed by atoms with Crippen LogP contribution in [0.4, 0.5) is 0 Å². The summed E-state index contributed by atoms with van der Waals surface area (Å²) in [6, 6.07) is 0. The molecule has 3 fully saturated rings. The third-order valence-corrected chi connectivity index (χ3v) is 5.04. The van der Waals surface area contributed by atoms with Gasteiger partial charge in [-0.3, -0.25) is 0 Å². The Morgan fingerprint density at radius 1 is 1.08 bits per heavy atom. The number of hydrogen-bond acceptors (Lipinski definition) is 0. The van der Waals surface area contributed by atoms with Gasteiger partial charge in [-0.15, -0.1) is 0 Å². The Morgan fingerprint density at radius 3 is 2.83 bits per heavy atom. The first-order valence-electron chi connectivity index (χ1n) is 5.90. The molecule has 5 unspecified atom stereocenters. The molecule has 3 aliphatic carbocycles. The van der Waals surface area contributed by atoms with E-state index >= 15 is 0 Å². The van der Waals surface area contributed by atoms with Crippen molar-refractivity contribution < 1.29 is 0 Å². The summed E-state index contributed by atoms with van der Waals surface area (Å²) in [5.74, 6) is 5.89. The van der Waals surface area contributed by atoms with Crippen LogP contribution in [0.25, 0.3) is 0 Å². The second-order valence-electron chi connectivity index (χ2n) is 5.33. The predicted octanol–water partition coefficient (Wildman–Crippen LogP) is 3.47. The Bertz CT molecular complexity index is 184. The van der Waals surface area contributed by atoms with Crippen LogP contribution in [0.2, 0.25) is 0 Å². The molecule has 0 aromatic heterocycles. The lowest BCUT2D eigenvalue weighted by molar-refractivity contribution is 0.0232. The van der Waals surface area contributed by atoms with Gasteiger partial charge in [-0.1, -0.05) is 26.2 Å².